The van der Waals surface area contributed by atoms with Crippen molar-refractivity contribution in [1.82, 2.24) is 5.32 Å². The second kappa shape index (κ2) is 5.18. The highest BCUT2D eigenvalue weighted by molar-refractivity contribution is 5.43. The molecule has 1 aromatic rings. The van der Waals surface area contributed by atoms with E-state index in [1.807, 2.05) is 13.1 Å². The van der Waals surface area contributed by atoms with Gasteiger partial charge in [0.05, 0.1) is 0 Å². The molecular formula is C13H16F3NO. The Morgan fingerprint density at radius 1 is 1.39 bits per heavy atom. The van der Waals surface area contributed by atoms with Crippen LogP contribution in [0.3, 0.4) is 0 Å². The van der Waals surface area contributed by atoms with Gasteiger partial charge in [-0.05, 0) is 43.5 Å². The summed E-state index contributed by atoms with van der Waals surface area (Å²) in [6.07, 6.45) is -1.54. The normalized spacial score (nSPS) is 19.4. The maximum absolute atomic E-state index is 12.2. The number of benzene rings is 1. The maximum atomic E-state index is 12.2. The summed E-state index contributed by atoms with van der Waals surface area (Å²) in [6, 6.07) is 5.53. The molecule has 2 rings (SSSR count). The molecular weight excluding hydrogens is 243 g/mol. The molecule has 1 aliphatic rings. The van der Waals surface area contributed by atoms with Gasteiger partial charge < -0.3 is 10.1 Å². The monoisotopic (exact) mass is 259 g/mol. The van der Waals surface area contributed by atoms with Gasteiger partial charge in [0.15, 0.2) is 6.61 Å². The summed E-state index contributed by atoms with van der Waals surface area (Å²) in [5.41, 5.74) is 1.97. The van der Waals surface area contributed by atoms with Gasteiger partial charge in [-0.25, -0.2) is 0 Å². The van der Waals surface area contributed by atoms with E-state index in [4.69, 9.17) is 4.74 Å². The minimum absolute atomic E-state index is 0.211. The third-order valence-electron chi connectivity index (χ3n) is 3.20. The third kappa shape index (κ3) is 2.96. The first-order chi connectivity index (χ1) is 8.51. The summed E-state index contributed by atoms with van der Waals surface area (Å²) in [4.78, 5) is 0. The number of rotatable bonds is 3. The largest absolute Gasteiger partial charge is 0.484 e. The number of fused-ring (bicyclic) bond motifs is 1. The third-order valence-corrected chi connectivity index (χ3v) is 3.20. The topological polar surface area (TPSA) is 21.3 Å². The van der Waals surface area contributed by atoms with Crippen LogP contribution in [0.4, 0.5) is 13.2 Å². The fraction of sp³-hybridized carbons (Fsp3) is 0.538. The summed E-state index contributed by atoms with van der Waals surface area (Å²) in [7, 11) is 1.86. The van der Waals surface area contributed by atoms with Gasteiger partial charge in [-0.1, -0.05) is 12.1 Å². The first kappa shape index (κ1) is 13.2. The average Bonchev–Trinajstić information content (AvgIpc) is 2.34. The van der Waals surface area contributed by atoms with Crippen molar-refractivity contribution >= 4 is 0 Å². The number of alkyl halides is 3. The predicted octanol–water partition coefficient (Wildman–Crippen LogP) is 3.22. The van der Waals surface area contributed by atoms with E-state index < -0.39 is 12.8 Å². The predicted molar refractivity (Wildman–Crippen MR) is 62.7 cm³/mol. The van der Waals surface area contributed by atoms with E-state index in [9.17, 15) is 13.2 Å². The van der Waals surface area contributed by atoms with Gasteiger partial charge >= 0.3 is 6.18 Å². The Morgan fingerprint density at radius 3 is 2.83 bits per heavy atom. The van der Waals surface area contributed by atoms with E-state index in [-0.39, 0.29) is 6.04 Å². The highest BCUT2D eigenvalue weighted by Crippen LogP contribution is 2.35. The first-order valence-electron chi connectivity index (χ1n) is 6.00. The van der Waals surface area contributed by atoms with Crippen molar-refractivity contribution in [2.75, 3.05) is 13.7 Å². The molecule has 1 aliphatic carbocycles. The van der Waals surface area contributed by atoms with Crippen molar-refractivity contribution in [3.05, 3.63) is 29.3 Å². The zero-order valence-electron chi connectivity index (χ0n) is 10.2. The number of hydrogen-bond donors (Lipinski definition) is 1. The minimum Gasteiger partial charge on any atom is -0.484 e. The molecule has 100 valence electrons. The molecule has 0 amide bonds. The molecule has 2 nitrogen and oxygen atoms in total. The lowest BCUT2D eigenvalue weighted by Crippen LogP contribution is -2.23. The van der Waals surface area contributed by atoms with Crippen molar-refractivity contribution in [2.45, 2.75) is 31.5 Å². The van der Waals surface area contributed by atoms with E-state index in [1.54, 1.807) is 12.1 Å². The zero-order chi connectivity index (χ0) is 13.2. The van der Waals surface area contributed by atoms with Gasteiger partial charge in [-0.2, -0.15) is 13.2 Å². The van der Waals surface area contributed by atoms with Crippen molar-refractivity contribution in [3.63, 3.8) is 0 Å². The first-order valence-corrected chi connectivity index (χ1v) is 6.00. The number of hydrogen-bond acceptors (Lipinski definition) is 2. The van der Waals surface area contributed by atoms with Crippen LogP contribution in [0.2, 0.25) is 0 Å². The maximum Gasteiger partial charge on any atom is 0.422 e. The number of ether oxygens (including phenoxy) is 1. The average molecular weight is 259 g/mol. The summed E-state index contributed by atoms with van der Waals surface area (Å²) < 4.78 is 41.4. The Labute approximate surface area is 104 Å². The standard InChI is InChI=1S/C13H16F3NO/c1-17-11-6-2-5-10-9(11)4-3-7-12(10)18-8-13(14,15)16/h3-4,7,11,17H,2,5-6,8H2,1H3. The smallest absolute Gasteiger partial charge is 0.422 e. The molecule has 1 unspecified atom stereocenters. The van der Waals surface area contributed by atoms with Crippen LogP contribution in [0.25, 0.3) is 0 Å². The van der Waals surface area contributed by atoms with Gasteiger partial charge in [-0.15, -0.1) is 0 Å². The molecule has 5 heteroatoms. The van der Waals surface area contributed by atoms with E-state index in [0.29, 0.717) is 5.75 Å². The van der Waals surface area contributed by atoms with Crippen LogP contribution < -0.4 is 10.1 Å². The van der Waals surface area contributed by atoms with E-state index in [0.717, 1.165) is 30.4 Å². The van der Waals surface area contributed by atoms with Gasteiger partial charge in [0.25, 0.3) is 0 Å². The molecule has 0 fully saturated rings. The second-order valence-electron chi connectivity index (χ2n) is 4.46. The molecule has 0 bridgehead atoms. The SMILES string of the molecule is CNC1CCCc2c(OCC(F)(F)F)cccc21. The Morgan fingerprint density at radius 2 is 2.17 bits per heavy atom. The molecule has 1 aromatic carbocycles. The molecule has 0 heterocycles. The fourth-order valence-corrected chi connectivity index (χ4v) is 2.41. The highest BCUT2D eigenvalue weighted by Gasteiger charge is 2.29. The summed E-state index contributed by atoms with van der Waals surface area (Å²) >= 11 is 0. The molecule has 1 atom stereocenters. The summed E-state index contributed by atoms with van der Waals surface area (Å²) in [5.74, 6) is 0.366. The van der Waals surface area contributed by atoms with Gasteiger partial charge in [0.1, 0.15) is 5.75 Å². The Bertz CT molecular complexity index is 417. The van der Waals surface area contributed by atoms with Gasteiger partial charge in [0, 0.05) is 6.04 Å². The molecule has 0 saturated carbocycles. The molecule has 1 N–H and O–H groups in total. The lowest BCUT2D eigenvalue weighted by atomic mass is 9.87. The zero-order valence-corrected chi connectivity index (χ0v) is 10.2. The molecule has 0 aromatic heterocycles. The highest BCUT2D eigenvalue weighted by atomic mass is 19.4. The Kier molecular flexibility index (Phi) is 3.80. The molecule has 0 radical (unpaired) electrons. The molecule has 0 spiro atoms. The van der Waals surface area contributed by atoms with Crippen LogP contribution >= 0.6 is 0 Å². The van der Waals surface area contributed by atoms with Crippen LogP contribution in [-0.2, 0) is 6.42 Å². The summed E-state index contributed by atoms with van der Waals surface area (Å²) in [6.45, 7) is -1.23. The second-order valence-corrected chi connectivity index (χ2v) is 4.46. The van der Waals surface area contributed by atoms with Crippen molar-refractivity contribution in [1.29, 1.82) is 0 Å². The minimum atomic E-state index is -4.29. The van der Waals surface area contributed by atoms with Crippen LogP contribution in [-0.4, -0.2) is 19.8 Å². The quantitative estimate of drug-likeness (QED) is 0.899. The van der Waals surface area contributed by atoms with E-state index in [1.165, 1.54) is 0 Å². The van der Waals surface area contributed by atoms with Crippen molar-refractivity contribution in [3.8, 4) is 5.75 Å². The van der Waals surface area contributed by atoms with Crippen molar-refractivity contribution < 1.29 is 17.9 Å². The van der Waals surface area contributed by atoms with Crippen LogP contribution in [0.15, 0.2) is 18.2 Å². The fourth-order valence-electron chi connectivity index (χ4n) is 2.41. The number of nitrogens with one attached hydrogen (secondary N) is 1. The number of halogens is 3. The van der Waals surface area contributed by atoms with Gasteiger partial charge in [-0.3, -0.25) is 0 Å². The molecule has 0 saturated heterocycles. The summed E-state index contributed by atoms with van der Waals surface area (Å²) in [5, 5.41) is 3.18. The van der Waals surface area contributed by atoms with Crippen LogP contribution in [0.1, 0.15) is 30.0 Å². The van der Waals surface area contributed by atoms with E-state index >= 15 is 0 Å². The van der Waals surface area contributed by atoms with Gasteiger partial charge in [0.2, 0.25) is 0 Å². The van der Waals surface area contributed by atoms with Crippen molar-refractivity contribution in [2.24, 2.45) is 0 Å². The molecule has 0 aliphatic heterocycles. The molecule has 18 heavy (non-hydrogen) atoms. The Balaban J connectivity index is 2.22. The Hall–Kier alpha value is -1.23. The van der Waals surface area contributed by atoms with E-state index in [2.05, 4.69) is 5.32 Å². The lowest BCUT2D eigenvalue weighted by molar-refractivity contribution is -0.153. The van der Waals surface area contributed by atoms with Crippen LogP contribution in [0.5, 0.6) is 5.75 Å². The lowest BCUT2D eigenvalue weighted by Gasteiger charge is -2.27. The van der Waals surface area contributed by atoms with Crippen LogP contribution in [0, 0.1) is 0 Å².